The zero-order valence-electron chi connectivity index (χ0n) is 11.9. The first-order chi connectivity index (χ1) is 8.68. The van der Waals surface area contributed by atoms with Crippen molar-refractivity contribution in [2.45, 2.75) is 12.8 Å². The van der Waals surface area contributed by atoms with Gasteiger partial charge in [0.2, 0.25) is 5.91 Å². The van der Waals surface area contributed by atoms with Crippen molar-refractivity contribution in [1.29, 1.82) is 0 Å². The van der Waals surface area contributed by atoms with Crippen molar-refractivity contribution >= 4 is 42.1 Å². The van der Waals surface area contributed by atoms with E-state index in [4.69, 9.17) is 0 Å². The lowest BCUT2D eigenvalue weighted by Crippen LogP contribution is -2.37. The quantitative estimate of drug-likeness (QED) is 0.899. The van der Waals surface area contributed by atoms with Crippen LogP contribution in [0.5, 0.6) is 0 Å². The summed E-state index contributed by atoms with van der Waals surface area (Å²) in [6.07, 6.45) is 2.05. The summed E-state index contributed by atoms with van der Waals surface area (Å²) in [5, 5.41) is 6.31. The minimum atomic E-state index is 0. The smallest absolute Gasteiger partial charge is 0.228 e. The summed E-state index contributed by atoms with van der Waals surface area (Å²) in [5.74, 6) is 0.213. The largest absolute Gasteiger partial charge is 0.376 e. The number of piperidine rings is 1. The highest BCUT2D eigenvalue weighted by Gasteiger charge is 2.21. The van der Waals surface area contributed by atoms with E-state index in [-0.39, 0.29) is 36.6 Å². The van der Waals surface area contributed by atoms with Gasteiger partial charge in [-0.15, -0.1) is 24.8 Å². The molecule has 1 aliphatic rings. The molecule has 114 valence electrons. The first kappa shape index (κ1) is 19.0. The highest BCUT2D eigenvalue weighted by molar-refractivity contribution is 5.96. The summed E-state index contributed by atoms with van der Waals surface area (Å²) in [7, 11) is 3.96. The first-order valence-corrected chi connectivity index (χ1v) is 6.46. The highest BCUT2D eigenvalue weighted by atomic mass is 35.5. The van der Waals surface area contributed by atoms with E-state index in [1.54, 1.807) is 0 Å². The number of anilines is 2. The van der Waals surface area contributed by atoms with Crippen molar-refractivity contribution in [3.63, 3.8) is 0 Å². The van der Waals surface area contributed by atoms with Crippen molar-refractivity contribution in [3.05, 3.63) is 24.3 Å². The van der Waals surface area contributed by atoms with E-state index in [1.165, 1.54) is 0 Å². The van der Waals surface area contributed by atoms with Gasteiger partial charge in [0, 0.05) is 20.6 Å². The summed E-state index contributed by atoms with van der Waals surface area (Å²) >= 11 is 0. The van der Waals surface area contributed by atoms with Crippen molar-refractivity contribution < 1.29 is 4.79 Å². The number of nitrogens with zero attached hydrogens (tertiary/aromatic N) is 1. The average molecular weight is 320 g/mol. The van der Waals surface area contributed by atoms with Gasteiger partial charge in [0.05, 0.1) is 17.3 Å². The Labute approximate surface area is 133 Å². The third-order valence-corrected chi connectivity index (χ3v) is 3.31. The van der Waals surface area contributed by atoms with Crippen molar-refractivity contribution in [1.82, 2.24) is 5.32 Å². The van der Waals surface area contributed by atoms with Gasteiger partial charge in [-0.3, -0.25) is 4.79 Å². The predicted molar refractivity (Wildman–Crippen MR) is 89.5 cm³/mol. The Hall–Kier alpha value is -0.970. The molecule has 0 saturated carbocycles. The summed E-state index contributed by atoms with van der Waals surface area (Å²) in [6.45, 7) is 1.81. The number of carbonyl (C=O) groups excluding carboxylic acids is 1. The van der Waals surface area contributed by atoms with E-state index in [2.05, 4.69) is 10.6 Å². The second-order valence-corrected chi connectivity index (χ2v) is 4.94. The van der Waals surface area contributed by atoms with Gasteiger partial charge < -0.3 is 15.5 Å². The topological polar surface area (TPSA) is 44.4 Å². The van der Waals surface area contributed by atoms with Crippen LogP contribution in [0.4, 0.5) is 11.4 Å². The molecule has 0 bridgehead atoms. The number of carbonyl (C=O) groups is 1. The van der Waals surface area contributed by atoms with E-state index >= 15 is 0 Å². The van der Waals surface area contributed by atoms with Crippen LogP contribution >= 0.6 is 24.8 Å². The molecule has 1 aromatic carbocycles. The number of para-hydroxylation sites is 2. The summed E-state index contributed by atoms with van der Waals surface area (Å²) in [5.41, 5.74) is 1.92. The molecular formula is C14H23Cl2N3O. The van der Waals surface area contributed by atoms with Crippen LogP contribution in [0.2, 0.25) is 0 Å². The second-order valence-electron chi connectivity index (χ2n) is 4.94. The van der Waals surface area contributed by atoms with Crippen molar-refractivity contribution in [3.8, 4) is 0 Å². The molecule has 1 amide bonds. The van der Waals surface area contributed by atoms with Gasteiger partial charge in [0.15, 0.2) is 0 Å². The molecular weight excluding hydrogens is 297 g/mol. The number of hydrogen-bond acceptors (Lipinski definition) is 3. The van der Waals surface area contributed by atoms with Crippen LogP contribution in [0.25, 0.3) is 0 Å². The maximum Gasteiger partial charge on any atom is 0.228 e. The van der Waals surface area contributed by atoms with Gasteiger partial charge in [-0.25, -0.2) is 0 Å². The van der Waals surface area contributed by atoms with Crippen LogP contribution in [0.1, 0.15) is 12.8 Å². The van der Waals surface area contributed by atoms with E-state index in [0.717, 1.165) is 37.3 Å². The Kier molecular flexibility index (Phi) is 8.62. The van der Waals surface area contributed by atoms with Crippen LogP contribution in [-0.4, -0.2) is 33.1 Å². The van der Waals surface area contributed by atoms with E-state index in [0.29, 0.717) is 0 Å². The zero-order chi connectivity index (χ0) is 13.0. The Balaban J connectivity index is 0.00000180. The van der Waals surface area contributed by atoms with Gasteiger partial charge in [0.1, 0.15) is 0 Å². The number of rotatable bonds is 3. The minimum absolute atomic E-state index is 0. The molecule has 1 fully saturated rings. The van der Waals surface area contributed by atoms with Crippen LogP contribution in [0.3, 0.4) is 0 Å². The second kappa shape index (κ2) is 9.06. The monoisotopic (exact) mass is 319 g/mol. The molecule has 4 nitrogen and oxygen atoms in total. The molecule has 6 heteroatoms. The Morgan fingerprint density at radius 1 is 1.30 bits per heavy atom. The van der Waals surface area contributed by atoms with Crippen LogP contribution in [-0.2, 0) is 4.79 Å². The summed E-state index contributed by atoms with van der Waals surface area (Å²) < 4.78 is 0. The molecule has 0 radical (unpaired) electrons. The lowest BCUT2D eigenvalue weighted by atomic mass is 9.98. The Bertz CT molecular complexity index is 421. The molecule has 1 heterocycles. The summed E-state index contributed by atoms with van der Waals surface area (Å²) in [6, 6.07) is 7.88. The maximum atomic E-state index is 12.2. The third-order valence-electron chi connectivity index (χ3n) is 3.31. The first-order valence-electron chi connectivity index (χ1n) is 6.46. The fourth-order valence-electron chi connectivity index (χ4n) is 2.28. The molecule has 2 rings (SSSR count). The highest BCUT2D eigenvalue weighted by Crippen LogP contribution is 2.24. The van der Waals surface area contributed by atoms with Gasteiger partial charge in [-0.2, -0.15) is 0 Å². The van der Waals surface area contributed by atoms with Crippen molar-refractivity contribution in [2.75, 3.05) is 37.4 Å². The Morgan fingerprint density at radius 2 is 2.00 bits per heavy atom. The predicted octanol–water partition coefficient (Wildman–Crippen LogP) is 2.53. The number of benzene rings is 1. The normalized spacial score (nSPS) is 17.4. The van der Waals surface area contributed by atoms with Gasteiger partial charge >= 0.3 is 0 Å². The lowest BCUT2D eigenvalue weighted by Gasteiger charge is -2.23. The fourth-order valence-corrected chi connectivity index (χ4v) is 2.28. The lowest BCUT2D eigenvalue weighted by molar-refractivity contribution is -0.120. The molecule has 20 heavy (non-hydrogen) atoms. The standard InChI is InChI=1S/C14H21N3O.2ClH/c1-17(2)13-8-4-3-7-12(13)16-14(18)11-6-5-9-15-10-11;;/h3-4,7-8,11,15H,5-6,9-10H2,1-2H3,(H,16,18);2*1H/t11-;;/m1../s1. The van der Waals surface area contributed by atoms with Crippen LogP contribution in [0, 0.1) is 5.92 Å². The van der Waals surface area contributed by atoms with Gasteiger partial charge in [-0.05, 0) is 31.5 Å². The number of hydrogen-bond donors (Lipinski definition) is 2. The molecule has 0 unspecified atom stereocenters. The van der Waals surface area contributed by atoms with Gasteiger partial charge in [-0.1, -0.05) is 12.1 Å². The van der Waals surface area contributed by atoms with E-state index in [9.17, 15) is 4.79 Å². The number of halogens is 2. The molecule has 0 spiro atoms. The zero-order valence-corrected chi connectivity index (χ0v) is 13.5. The van der Waals surface area contributed by atoms with Crippen LogP contribution in [0.15, 0.2) is 24.3 Å². The summed E-state index contributed by atoms with van der Waals surface area (Å²) in [4.78, 5) is 14.2. The number of amides is 1. The molecule has 1 aliphatic heterocycles. The van der Waals surface area contributed by atoms with Gasteiger partial charge in [0.25, 0.3) is 0 Å². The van der Waals surface area contributed by atoms with Crippen molar-refractivity contribution in [2.24, 2.45) is 5.92 Å². The molecule has 1 saturated heterocycles. The van der Waals surface area contributed by atoms with E-state index in [1.807, 2.05) is 43.3 Å². The Morgan fingerprint density at radius 3 is 2.60 bits per heavy atom. The minimum Gasteiger partial charge on any atom is -0.376 e. The fraction of sp³-hybridized carbons (Fsp3) is 0.500. The molecule has 0 aliphatic carbocycles. The third kappa shape index (κ3) is 4.85. The molecule has 2 N–H and O–H groups in total. The average Bonchev–Trinajstić information content (AvgIpc) is 2.40. The number of nitrogens with one attached hydrogen (secondary N) is 2. The molecule has 0 aromatic heterocycles. The molecule has 1 atom stereocenters. The maximum absolute atomic E-state index is 12.2. The van der Waals surface area contributed by atoms with E-state index < -0.39 is 0 Å². The molecule has 1 aromatic rings. The van der Waals surface area contributed by atoms with Crippen LogP contribution < -0.4 is 15.5 Å². The SMILES string of the molecule is CN(C)c1ccccc1NC(=O)[C@@H]1CCCNC1.Cl.Cl.